The van der Waals surface area contributed by atoms with Crippen molar-refractivity contribution in [3.63, 3.8) is 0 Å². The number of ether oxygens (including phenoxy) is 2. The van der Waals surface area contributed by atoms with Crippen molar-refractivity contribution < 1.29 is 9.47 Å². The highest BCUT2D eigenvalue weighted by Gasteiger charge is 2.54. The first-order valence-corrected chi connectivity index (χ1v) is 9.95. The first kappa shape index (κ1) is 16.4. The van der Waals surface area contributed by atoms with Gasteiger partial charge < -0.3 is 9.47 Å². The van der Waals surface area contributed by atoms with E-state index >= 15 is 0 Å². The molecule has 1 aromatic rings. The second-order valence-electron chi connectivity index (χ2n) is 8.47. The van der Waals surface area contributed by atoms with Gasteiger partial charge in [-0.05, 0) is 91.4 Å². The van der Waals surface area contributed by atoms with E-state index in [4.69, 9.17) is 9.47 Å². The Labute approximate surface area is 146 Å². The molecule has 0 amide bonds. The lowest BCUT2D eigenvalue weighted by Crippen LogP contribution is -2.44. The van der Waals surface area contributed by atoms with E-state index in [1.165, 1.54) is 38.5 Å². The third-order valence-electron chi connectivity index (χ3n) is 7.37. The Morgan fingerprint density at radius 3 is 2.83 bits per heavy atom. The zero-order valence-corrected chi connectivity index (χ0v) is 15.5. The van der Waals surface area contributed by atoms with Crippen LogP contribution in [0.5, 0.6) is 5.75 Å². The monoisotopic (exact) mass is 328 g/mol. The molecular formula is C22H32O2. The molecule has 3 aliphatic carbocycles. The number of benzene rings is 1. The predicted molar refractivity (Wildman–Crippen MR) is 97.6 cm³/mol. The minimum Gasteiger partial charge on any atom is -0.494 e. The van der Waals surface area contributed by atoms with Gasteiger partial charge in [-0.3, -0.25) is 0 Å². The molecule has 2 nitrogen and oxygen atoms in total. The van der Waals surface area contributed by atoms with Gasteiger partial charge in [0.2, 0.25) is 0 Å². The molecule has 1 aromatic carbocycles. The van der Waals surface area contributed by atoms with E-state index in [1.54, 1.807) is 11.1 Å². The molecule has 132 valence electrons. The summed E-state index contributed by atoms with van der Waals surface area (Å²) in [6.45, 7) is 5.49. The average molecular weight is 328 g/mol. The molecule has 24 heavy (non-hydrogen) atoms. The Kier molecular flexibility index (Phi) is 4.36. The summed E-state index contributed by atoms with van der Waals surface area (Å²) in [6.07, 6.45) is 9.42. The molecule has 0 unspecified atom stereocenters. The Morgan fingerprint density at radius 1 is 1.17 bits per heavy atom. The van der Waals surface area contributed by atoms with Crippen LogP contribution in [0, 0.1) is 17.3 Å². The van der Waals surface area contributed by atoms with Crippen LogP contribution in [0.2, 0.25) is 0 Å². The topological polar surface area (TPSA) is 18.5 Å². The van der Waals surface area contributed by atoms with Crippen LogP contribution in [0.15, 0.2) is 18.2 Å². The zero-order valence-electron chi connectivity index (χ0n) is 15.5. The van der Waals surface area contributed by atoms with Gasteiger partial charge in [-0.1, -0.05) is 19.9 Å². The summed E-state index contributed by atoms with van der Waals surface area (Å²) in [5.41, 5.74) is 3.59. The van der Waals surface area contributed by atoms with E-state index in [9.17, 15) is 0 Å². The summed E-state index contributed by atoms with van der Waals surface area (Å²) in [7, 11) is 1.92. The molecule has 2 saturated carbocycles. The molecule has 0 saturated heterocycles. The van der Waals surface area contributed by atoms with Gasteiger partial charge in [0, 0.05) is 7.11 Å². The summed E-state index contributed by atoms with van der Waals surface area (Å²) in [5.74, 6) is 3.54. The Hall–Kier alpha value is -1.02. The lowest BCUT2D eigenvalue weighted by atomic mass is 9.55. The van der Waals surface area contributed by atoms with Gasteiger partial charge in [-0.25, -0.2) is 0 Å². The number of hydrogen-bond acceptors (Lipinski definition) is 2. The molecule has 2 fully saturated rings. The average Bonchev–Trinajstić information content (AvgIpc) is 2.95. The van der Waals surface area contributed by atoms with Crippen molar-refractivity contribution in [3.8, 4) is 5.75 Å². The largest absolute Gasteiger partial charge is 0.494 e. The van der Waals surface area contributed by atoms with Gasteiger partial charge >= 0.3 is 0 Å². The zero-order chi connectivity index (χ0) is 16.7. The van der Waals surface area contributed by atoms with Gasteiger partial charge in [-0.2, -0.15) is 0 Å². The van der Waals surface area contributed by atoms with Crippen molar-refractivity contribution in [3.05, 3.63) is 29.3 Å². The molecule has 5 atom stereocenters. The van der Waals surface area contributed by atoms with Gasteiger partial charge in [-0.15, -0.1) is 0 Å². The van der Waals surface area contributed by atoms with Crippen LogP contribution in [0.1, 0.15) is 69.4 Å². The van der Waals surface area contributed by atoms with Crippen molar-refractivity contribution in [2.75, 3.05) is 13.7 Å². The molecule has 3 aliphatic rings. The second-order valence-corrected chi connectivity index (χ2v) is 8.47. The molecular weight excluding hydrogens is 296 g/mol. The van der Waals surface area contributed by atoms with E-state index in [0.717, 1.165) is 36.5 Å². The van der Waals surface area contributed by atoms with Crippen molar-refractivity contribution >= 4 is 0 Å². The molecule has 0 radical (unpaired) electrons. The number of rotatable bonds is 4. The fourth-order valence-corrected chi connectivity index (χ4v) is 6.21. The molecule has 0 N–H and O–H groups in total. The smallest absolute Gasteiger partial charge is 0.119 e. The maximum atomic E-state index is 5.87. The molecule has 0 spiro atoms. The maximum absolute atomic E-state index is 5.87. The van der Waals surface area contributed by atoms with E-state index in [2.05, 4.69) is 32.0 Å². The van der Waals surface area contributed by atoms with Gasteiger partial charge in [0.25, 0.3) is 0 Å². The van der Waals surface area contributed by atoms with Crippen LogP contribution < -0.4 is 4.74 Å². The first-order valence-electron chi connectivity index (χ1n) is 9.95. The predicted octanol–water partition coefficient (Wildman–Crippen LogP) is 5.35. The maximum Gasteiger partial charge on any atom is 0.119 e. The van der Waals surface area contributed by atoms with Gasteiger partial charge in [0.05, 0.1) is 12.7 Å². The molecule has 0 bridgehead atoms. The molecule has 2 heteroatoms. The summed E-state index contributed by atoms with van der Waals surface area (Å²) < 4.78 is 11.7. The van der Waals surface area contributed by atoms with Crippen LogP contribution in [0.25, 0.3) is 0 Å². The highest BCUT2D eigenvalue weighted by molar-refractivity contribution is 5.40. The minimum atomic E-state index is 0.414. The van der Waals surface area contributed by atoms with Crippen molar-refractivity contribution in [2.45, 2.75) is 70.8 Å². The Balaban J connectivity index is 1.58. The lowest BCUT2D eigenvalue weighted by Gasteiger charge is -2.50. The van der Waals surface area contributed by atoms with Crippen LogP contribution in [0.3, 0.4) is 0 Å². The van der Waals surface area contributed by atoms with Gasteiger partial charge in [0.1, 0.15) is 5.75 Å². The van der Waals surface area contributed by atoms with E-state index in [-0.39, 0.29) is 0 Å². The Morgan fingerprint density at radius 2 is 2.04 bits per heavy atom. The lowest BCUT2D eigenvalue weighted by molar-refractivity contribution is -0.0444. The highest BCUT2D eigenvalue weighted by Crippen LogP contribution is 2.61. The molecule has 0 aliphatic heterocycles. The van der Waals surface area contributed by atoms with Crippen LogP contribution in [-0.4, -0.2) is 19.8 Å². The number of hydrogen-bond donors (Lipinski definition) is 0. The summed E-state index contributed by atoms with van der Waals surface area (Å²) >= 11 is 0. The quantitative estimate of drug-likeness (QED) is 0.742. The first-order chi connectivity index (χ1) is 11.7. The number of aryl methyl sites for hydroxylation is 1. The third kappa shape index (κ3) is 2.49. The summed E-state index contributed by atoms with van der Waals surface area (Å²) in [5, 5.41) is 0. The normalized spacial score (nSPS) is 37.5. The van der Waals surface area contributed by atoms with Crippen LogP contribution >= 0.6 is 0 Å². The number of fused-ring (bicyclic) bond motifs is 5. The van der Waals surface area contributed by atoms with Crippen LogP contribution in [0.4, 0.5) is 0 Å². The van der Waals surface area contributed by atoms with Crippen molar-refractivity contribution in [1.82, 2.24) is 0 Å². The summed E-state index contributed by atoms with van der Waals surface area (Å²) in [6, 6.07) is 6.90. The van der Waals surface area contributed by atoms with E-state index < -0.39 is 0 Å². The fourth-order valence-electron chi connectivity index (χ4n) is 6.21. The van der Waals surface area contributed by atoms with Crippen LogP contribution in [-0.2, 0) is 11.2 Å². The SMILES string of the molecule is CCCOc1ccc2c(c1)CC[C@@H]1[C@@H]2CC[C@]2(C)[C@H](OC)CC[C@@H]12. The minimum absolute atomic E-state index is 0.414. The molecule has 0 heterocycles. The Bertz CT molecular complexity index is 596. The van der Waals surface area contributed by atoms with Crippen molar-refractivity contribution in [2.24, 2.45) is 17.3 Å². The van der Waals surface area contributed by atoms with Crippen molar-refractivity contribution in [1.29, 1.82) is 0 Å². The fraction of sp³-hybridized carbons (Fsp3) is 0.727. The molecule has 0 aromatic heterocycles. The third-order valence-corrected chi connectivity index (χ3v) is 7.37. The summed E-state index contributed by atoms with van der Waals surface area (Å²) in [4.78, 5) is 0. The van der Waals surface area contributed by atoms with Gasteiger partial charge in [0.15, 0.2) is 0 Å². The highest BCUT2D eigenvalue weighted by atomic mass is 16.5. The second kappa shape index (κ2) is 6.37. The molecule has 4 rings (SSSR count). The van der Waals surface area contributed by atoms with E-state index in [0.29, 0.717) is 11.5 Å². The van der Waals surface area contributed by atoms with E-state index in [1.807, 2.05) is 7.11 Å². The standard InChI is InChI=1S/C22H32O2/c1-4-13-24-16-6-8-17-15(14-16)5-7-19-18(17)11-12-22(2)20(19)9-10-21(22)23-3/h6,8,14,18-21H,4-5,7,9-13H2,1-3H3/t18-,19-,20+,21-,22+/m1/s1. The number of methoxy groups -OCH3 is 1.